The summed E-state index contributed by atoms with van der Waals surface area (Å²) in [6, 6.07) is 15.5. The van der Waals surface area contributed by atoms with Gasteiger partial charge in [-0.3, -0.25) is 14.5 Å². The average molecular weight is 532 g/mol. The topological polar surface area (TPSA) is 78.0 Å². The monoisotopic (exact) mass is 531 g/mol. The lowest BCUT2D eigenvalue weighted by molar-refractivity contribution is -0.162. The minimum absolute atomic E-state index is 0.134. The fourth-order valence-electron chi connectivity index (χ4n) is 5.84. The molecule has 4 atom stereocenters. The molecule has 34 heavy (non-hydrogen) atoms. The Hall–Kier alpha value is -2.08. The molecule has 2 bridgehead atoms. The highest BCUT2D eigenvalue weighted by atomic mass is 32.2. The highest BCUT2D eigenvalue weighted by Gasteiger charge is 2.76. The molecule has 0 N–H and O–H groups in total. The van der Waals surface area contributed by atoms with Gasteiger partial charge in [0, 0.05) is 18.9 Å². The van der Waals surface area contributed by atoms with E-state index in [1.54, 1.807) is 56.4 Å². The lowest BCUT2D eigenvalue weighted by Crippen LogP contribution is -2.72. The van der Waals surface area contributed by atoms with E-state index in [-0.39, 0.29) is 23.1 Å². The third-order valence-corrected chi connectivity index (χ3v) is 12.3. The minimum atomic E-state index is -4.05. The first-order valence-electron chi connectivity index (χ1n) is 10.7. The van der Waals surface area contributed by atoms with Crippen LogP contribution in [0.25, 0.3) is 0 Å². The Bertz CT molecular complexity index is 1400. The molecular formula is C23H21N3O4S4. The third-order valence-electron chi connectivity index (χ3n) is 7.52. The number of thioether (sulfide) groups is 2. The summed E-state index contributed by atoms with van der Waals surface area (Å²) in [5.41, 5.74) is 0.534. The zero-order valence-electron chi connectivity index (χ0n) is 18.6. The summed E-state index contributed by atoms with van der Waals surface area (Å²) in [5.74, 6) is -0.529. The number of likely N-dealkylation sites (N-methyl/N-ethyl adjacent to an activating group) is 1. The maximum absolute atomic E-state index is 14.2. The Labute approximate surface area is 211 Å². The molecule has 5 aliphatic heterocycles. The van der Waals surface area contributed by atoms with Gasteiger partial charge in [0.1, 0.15) is 9.69 Å². The third kappa shape index (κ3) is 2.46. The standard InChI is InChI=1S/C23H21N3O4S4/c1-21-13-23-19(28)24(3)22(2,32-20(31)33-23)18(27)25(23)17(21)26(16-12-8-7-11-15(16)21)34(29,30)14-9-5-4-6-10-14/h4-12,17H,13H2,1-3H3/t17-,21?,22+,23?/m0/s1. The van der Waals surface area contributed by atoms with Crippen LogP contribution in [0.1, 0.15) is 25.8 Å². The number of carbonyl (C=O) groups excluding carboxylic acids is 2. The van der Waals surface area contributed by atoms with Gasteiger partial charge < -0.3 is 4.90 Å². The Morgan fingerprint density at radius 3 is 2.32 bits per heavy atom. The first kappa shape index (κ1) is 22.4. The smallest absolute Gasteiger partial charge is 0.266 e. The van der Waals surface area contributed by atoms with Gasteiger partial charge in [0.15, 0.2) is 9.74 Å². The van der Waals surface area contributed by atoms with E-state index in [2.05, 4.69) is 0 Å². The van der Waals surface area contributed by atoms with Gasteiger partial charge in [0.2, 0.25) is 0 Å². The van der Waals surface area contributed by atoms with Gasteiger partial charge in [0.25, 0.3) is 21.8 Å². The summed E-state index contributed by atoms with van der Waals surface area (Å²) < 4.78 is 30.1. The van der Waals surface area contributed by atoms with Crippen LogP contribution in [-0.2, 0) is 25.0 Å². The first-order valence-corrected chi connectivity index (χ1v) is 14.2. The largest absolute Gasteiger partial charge is 0.320 e. The zero-order valence-corrected chi connectivity index (χ0v) is 21.9. The number of hydrogen-bond donors (Lipinski definition) is 0. The molecule has 11 heteroatoms. The van der Waals surface area contributed by atoms with Gasteiger partial charge in [-0.1, -0.05) is 79.1 Å². The van der Waals surface area contributed by atoms with Crippen LogP contribution in [0.5, 0.6) is 0 Å². The molecule has 5 aliphatic rings. The lowest BCUT2D eigenvalue weighted by atomic mass is 9.80. The van der Waals surface area contributed by atoms with E-state index < -0.39 is 31.3 Å². The van der Waals surface area contributed by atoms with Crippen molar-refractivity contribution in [3.05, 3.63) is 60.2 Å². The number of thiocarbonyl (C=S) groups is 1. The number of benzene rings is 2. The number of para-hydroxylation sites is 1. The average Bonchev–Trinajstić information content (AvgIpc) is 3.15. The highest BCUT2D eigenvalue weighted by Crippen LogP contribution is 2.66. The molecule has 2 aromatic rings. The molecule has 0 aromatic heterocycles. The van der Waals surface area contributed by atoms with Gasteiger partial charge >= 0.3 is 0 Å². The summed E-state index contributed by atoms with van der Waals surface area (Å²) >= 11 is 7.99. The number of sulfonamides is 1. The summed E-state index contributed by atoms with van der Waals surface area (Å²) in [7, 11) is -2.42. The van der Waals surface area contributed by atoms with Crippen LogP contribution in [0.15, 0.2) is 59.5 Å². The second kappa shape index (κ2) is 6.77. The second-order valence-corrected chi connectivity index (χ2v) is 15.1. The Morgan fingerprint density at radius 1 is 0.971 bits per heavy atom. The Kier molecular flexibility index (Phi) is 4.46. The van der Waals surface area contributed by atoms with E-state index in [1.807, 2.05) is 19.1 Å². The predicted octanol–water partition coefficient (Wildman–Crippen LogP) is 3.36. The maximum atomic E-state index is 14.2. The van der Waals surface area contributed by atoms with Crippen molar-refractivity contribution in [2.24, 2.45) is 0 Å². The number of nitrogens with zero attached hydrogens (tertiary/aromatic N) is 3. The number of rotatable bonds is 2. The molecule has 1 spiro atoms. The fraction of sp³-hybridized carbons (Fsp3) is 0.348. The Morgan fingerprint density at radius 2 is 1.62 bits per heavy atom. The van der Waals surface area contributed by atoms with Crippen molar-refractivity contribution in [2.45, 2.75) is 46.5 Å². The molecule has 0 radical (unpaired) electrons. The van der Waals surface area contributed by atoms with Crippen molar-refractivity contribution in [3.63, 3.8) is 0 Å². The van der Waals surface area contributed by atoms with Crippen molar-refractivity contribution in [1.82, 2.24) is 9.80 Å². The van der Waals surface area contributed by atoms with E-state index >= 15 is 0 Å². The molecule has 4 saturated heterocycles. The van der Waals surface area contributed by atoms with Gasteiger partial charge in [-0.15, -0.1) is 0 Å². The fourth-order valence-corrected chi connectivity index (χ4v) is 11.4. The maximum Gasteiger partial charge on any atom is 0.266 e. The number of amides is 2. The van der Waals surface area contributed by atoms with Crippen LogP contribution >= 0.6 is 35.7 Å². The molecule has 7 rings (SSSR count). The number of piperazine rings is 1. The molecule has 5 heterocycles. The summed E-state index contributed by atoms with van der Waals surface area (Å²) in [4.78, 5) is 28.7. The van der Waals surface area contributed by atoms with Crippen molar-refractivity contribution in [3.8, 4) is 0 Å². The van der Waals surface area contributed by atoms with Crippen molar-refractivity contribution in [1.29, 1.82) is 0 Å². The van der Waals surface area contributed by atoms with Crippen LogP contribution in [0, 0.1) is 0 Å². The van der Waals surface area contributed by atoms with Crippen molar-refractivity contribution < 1.29 is 18.0 Å². The van der Waals surface area contributed by atoms with E-state index in [9.17, 15) is 18.0 Å². The van der Waals surface area contributed by atoms with E-state index in [4.69, 9.17) is 12.2 Å². The minimum Gasteiger partial charge on any atom is -0.320 e. The molecule has 2 unspecified atom stereocenters. The lowest BCUT2D eigenvalue weighted by Gasteiger charge is -2.50. The summed E-state index contributed by atoms with van der Waals surface area (Å²) in [6.07, 6.45) is -0.632. The van der Waals surface area contributed by atoms with Gasteiger partial charge in [-0.25, -0.2) is 12.7 Å². The number of hydrogen-bond acceptors (Lipinski definition) is 7. The first-order chi connectivity index (χ1) is 16.0. The van der Waals surface area contributed by atoms with Crippen molar-refractivity contribution in [2.75, 3.05) is 11.4 Å². The molecule has 7 nitrogen and oxygen atoms in total. The molecule has 0 aliphatic carbocycles. The molecule has 2 aromatic carbocycles. The molecule has 2 amide bonds. The van der Waals surface area contributed by atoms with Gasteiger partial charge in [0.05, 0.1) is 10.6 Å². The molecule has 4 fully saturated rings. The van der Waals surface area contributed by atoms with Crippen LogP contribution in [0.4, 0.5) is 5.69 Å². The Balaban J connectivity index is 1.65. The molecular weight excluding hydrogens is 511 g/mol. The van der Waals surface area contributed by atoms with E-state index in [0.717, 1.165) is 5.56 Å². The van der Waals surface area contributed by atoms with Crippen LogP contribution in [0.2, 0.25) is 0 Å². The van der Waals surface area contributed by atoms with Crippen LogP contribution in [0.3, 0.4) is 0 Å². The highest BCUT2D eigenvalue weighted by molar-refractivity contribution is 8.48. The normalized spacial score (nSPS) is 34.3. The van der Waals surface area contributed by atoms with Crippen LogP contribution < -0.4 is 4.31 Å². The number of carbonyl (C=O) groups is 2. The second-order valence-electron chi connectivity index (χ2n) is 9.36. The van der Waals surface area contributed by atoms with E-state index in [1.165, 1.54) is 37.6 Å². The van der Waals surface area contributed by atoms with E-state index in [0.29, 0.717) is 9.22 Å². The van der Waals surface area contributed by atoms with Crippen LogP contribution in [-0.4, -0.2) is 56.5 Å². The number of fused-ring (bicyclic) bond motifs is 6. The zero-order chi connectivity index (χ0) is 24.3. The van der Waals surface area contributed by atoms with Crippen molar-refractivity contribution >= 4 is 66.8 Å². The predicted molar refractivity (Wildman–Crippen MR) is 137 cm³/mol. The molecule has 176 valence electrons. The summed E-state index contributed by atoms with van der Waals surface area (Å²) in [5, 5.41) is 0. The van der Waals surface area contributed by atoms with Gasteiger partial charge in [-0.2, -0.15) is 0 Å². The summed E-state index contributed by atoms with van der Waals surface area (Å²) in [6.45, 7) is 3.64. The number of anilines is 1. The quantitative estimate of drug-likeness (QED) is 0.550. The van der Waals surface area contributed by atoms with Gasteiger partial charge in [-0.05, 0) is 30.7 Å². The molecule has 0 saturated carbocycles. The SMILES string of the molecule is CN1C(=O)C23CC4(C)c5ccccc5N(S(=O)(=O)c5ccccc5)[C@@H]4N2C(=O)[C@@]1(C)SC(=S)S3.